The summed E-state index contributed by atoms with van der Waals surface area (Å²) in [6.07, 6.45) is 7.50. The van der Waals surface area contributed by atoms with Gasteiger partial charge in [-0.1, -0.05) is 19.8 Å². The molecule has 2 unspecified atom stereocenters. The first kappa shape index (κ1) is 14.3. The van der Waals surface area contributed by atoms with Gasteiger partial charge in [-0.25, -0.2) is 0 Å². The molecule has 0 aliphatic carbocycles. The number of unbranched alkanes of at least 4 members (excludes halogenated alkanes) is 1. The number of piperidine rings is 1. The number of hydrogen-bond donors (Lipinski definition) is 1. The first-order valence-corrected chi connectivity index (χ1v) is 7.74. The van der Waals surface area contributed by atoms with E-state index in [9.17, 15) is 5.11 Å². The molecule has 2 aliphatic heterocycles. The Bertz CT molecular complexity index is 229. The Morgan fingerprint density at radius 2 is 1.94 bits per heavy atom. The monoisotopic (exact) mass is 255 g/mol. The topological polar surface area (TPSA) is 32.7 Å². The fourth-order valence-corrected chi connectivity index (χ4v) is 3.23. The average Bonchev–Trinajstić information content (AvgIpc) is 2.40. The number of hydrogen-bond acceptors (Lipinski definition) is 3. The highest BCUT2D eigenvalue weighted by Crippen LogP contribution is 2.21. The largest absolute Gasteiger partial charge is 0.393 e. The highest BCUT2D eigenvalue weighted by Gasteiger charge is 2.23. The lowest BCUT2D eigenvalue weighted by Crippen LogP contribution is -2.42. The average molecular weight is 255 g/mol. The maximum atomic E-state index is 9.70. The van der Waals surface area contributed by atoms with Crippen molar-refractivity contribution in [1.29, 1.82) is 0 Å². The van der Waals surface area contributed by atoms with E-state index in [1.807, 2.05) is 0 Å². The summed E-state index contributed by atoms with van der Waals surface area (Å²) >= 11 is 0. The highest BCUT2D eigenvalue weighted by molar-refractivity contribution is 4.77. The van der Waals surface area contributed by atoms with Gasteiger partial charge in [0, 0.05) is 26.3 Å². The molecule has 0 aromatic heterocycles. The molecule has 0 spiro atoms. The predicted molar refractivity (Wildman–Crippen MR) is 73.6 cm³/mol. The van der Waals surface area contributed by atoms with Gasteiger partial charge in [0.2, 0.25) is 0 Å². The number of ether oxygens (including phenoxy) is 1. The third kappa shape index (κ3) is 4.52. The Labute approximate surface area is 112 Å². The summed E-state index contributed by atoms with van der Waals surface area (Å²) in [4.78, 5) is 2.53. The van der Waals surface area contributed by atoms with E-state index in [1.165, 1.54) is 38.6 Å². The van der Waals surface area contributed by atoms with Crippen molar-refractivity contribution in [3.8, 4) is 0 Å². The zero-order chi connectivity index (χ0) is 12.8. The SMILES string of the molecule is CC1CN(CCCCC2CCOCC2)CCC1O. The standard InChI is InChI=1S/C15H29NO2/c1-13-12-16(9-5-15(13)17)8-3-2-4-14-6-10-18-11-7-14/h13-15,17H,2-12H2,1H3. The molecule has 0 bridgehead atoms. The molecule has 2 aliphatic rings. The molecule has 2 saturated heterocycles. The molecule has 2 atom stereocenters. The molecule has 0 saturated carbocycles. The summed E-state index contributed by atoms with van der Waals surface area (Å²) in [6.45, 7) is 7.51. The smallest absolute Gasteiger partial charge is 0.0590 e. The second-order valence-corrected chi connectivity index (χ2v) is 6.19. The molecule has 2 rings (SSSR count). The summed E-state index contributed by atoms with van der Waals surface area (Å²) in [7, 11) is 0. The van der Waals surface area contributed by atoms with Crippen LogP contribution in [0, 0.1) is 11.8 Å². The molecule has 106 valence electrons. The van der Waals surface area contributed by atoms with Gasteiger partial charge in [-0.05, 0) is 44.1 Å². The van der Waals surface area contributed by atoms with Crippen molar-refractivity contribution in [3.63, 3.8) is 0 Å². The van der Waals surface area contributed by atoms with Crippen LogP contribution in [0.15, 0.2) is 0 Å². The number of likely N-dealkylation sites (tertiary alicyclic amines) is 1. The van der Waals surface area contributed by atoms with Crippen LogP contribution in [0.25, 0.3) is 0 Å². The van der Waals surface area contributed by atoms with E-state index in [2.05, 4.69) is 11.8 Å². The van der Waals surface area contributed by atoms with E-state index in [-0.39, 0.29) is 6.10 Å². The van der Waals surface area contributed by atoms with Crippen molar-refractivity contribution < 1.29 is 9.84 Å². The quantitative estimate of drug-likeness (QED) is 0.765. The van der Waals surface area contributed by atoms with Crippen molar-refractivity contribution >= 4 is 0 Å². The molecular formula is C15H29NO2. The van der Waals surface area contributed by atoms with Gasteiger partial charge in [-0.15, -0.1) is 0 Å². The van der Waals surface area contributed by atoms with Gasteiger partial charge >= 0.3 is 0 Å². The van der Waals surface area contributed by atoms with Crippen molar-refractivity contribution in [2.45, 2.75) is 51.6 Å². The van der Waals surface area contributed by atoms with E-state index in [0.717, 1.165) is 38.6 Å². The van der Waals surface area contributed by atoms with Crippen LogP contribution in [0.1, 0.15) is 45.4 Å². The van der Waals surface area contributed by atoms with Crippen LogP contribution in [0.4, 0.5) is 0 Å². The summed E-state index contributed by atoms with van der Waals surface area (Å²) in [5, 5.41) is 9.70. The van der Waals surface area contributed by atoms with Crippen LogP contribution in [-0.4, -0.2) is 49.0 Å². The second-order valence-electron chi connectivity index (χ2n) is 6.19. The normalized spacial score (nSPS) is 31.7. The summed E-state index contributed by atoms with van der Waals surface area (Å²) in [5.74, 6) is 1.37. The zero-order valence-electron chi connectivity index (χ0n) is 11.8. The third-order valence-corrected chi connectivity index (χ3v) is 4.62. The predicted octanol–water partition coefficient (Wildman–Crippen LogP) is 2.29. The fraction of sp³-hybridized carbons (Fsp3) is 1.00. The number of nitrogens with zero attached hydrogens (tertiary/aromatic N) is 1. The van der Waals surface area contributed by atoms with Crippen LogP contribution < -0.4 is 0 Å². The lowest BCUT2D eigenvalue weighted by molar-refractivity contribution is 0.0338. The summed E-state index contributed by atoms with van der Waals surface area (Å²) < 4.78 is 5.39. The molecule has 1 N–H and O–H groups in total. The van der Waals surface area contributed by atoms with Gasteiger partial charge < -0.3 is 14.7 Å². The Balaban J connectivity index is 1.52. The summed E-state index contributed by atoms with van der Waals surface area (Å²) in [5.41, 5.74) is 0. The Kier molecular flexibility index (Phi) is 5.93. The van der Waals surface area contributed by atoms with Crippen molar-refractivity contribution in [3.05, 3.63) is 0 Å². The molecule has 0 amide bonds. The van der Waals surface area contributed by atoms with E-state index in [1.54, 1.807) is 0 Å². The van der Waals surface area contributed by atoms with Gasteiger partial charge in [0.05, 0.1) is 6.10 Å². The Morgan fingerprint density at radius 1 is 1.17 bits per heavy atom. The molecule has 2 heterocycles. The molecule has 0 radical (unpaired) electrons. The molecule has 0 aromatic carbocycles. The molecule has 3 heteroatoms. The van der Waals surface area contributed by atoms with E-state index >= 15 is 0 Å². The number of rotatable bonds is 5. The van der Waals surface area contributed by atoms with Gasteiger partial charge in [-0.3, -0.25) is 0 Å². The van der Waals surface area contributed by atoms with Crippen LogP contribution in [0.2, 0.25) is 0 Å². The van der Waals surface area contributed by atoms with Crippen LogP contribution in [0.3, 0.4) is 0 Å². The number of aliphatic hydroxyl groups is 1. The Morgan fingerprint density at radius 3 is 2.67 bits per heavy atom. The molecule has 3 nitrogen and oxygen atoms in total. The van der Waals surface area contributed by atoms with Crippen LogP contribution in [0.5, 0.6) is 0 Å². The first-order chi connectivity index (χ1) is 8.75. The molecule has 2 fully saturated rings. The minimum atomic E-state index is -0.0662. The van der Waals surface area contributed by atoms with E-state index in [0.29, 0.717) is 5.92 Å². The van der Waals surface area contributed by atoms with E-state index < -0.39 is 0 Å². The summed E-state index contributed by atoms with van der Waals surface area (Å²) in [6, 6.07) is 0. The first-order valence-electron chi connectivity index (χ1n) is 7.74. The van der Waals surface area contributed by atoms with Gasteiger partial charge in [-0.2, -0.15) is 0 Å². The van der Waals surface area contributed by atoms with E-state index in [4.69, 9.17) is 4.74 Å². The third-order valence-electron chi connectivity index (χ3n) is 4.62. The maximum Gasteiger partial charge on any atom is 0.0590 e. The zero-order valence-corrected chi connectivity index (χ0v) is 11.8. The van der Waals surface area contributed by atoms with Crippen molar-refractivity contribution in [2.75, 3.05) is 32.8 Å². The maximum absolute atomic E-state index is 9.70. The van der Waals surface area contributed by atoms with Gasteiger partial charge in [0.15, 0.2) is 0 Å². The molecule has 0 aromatic rings. The molecule has 18 heavy (non-hydrogen) atoms. The van der Waals surface area contributed by atoms with Gasteiger partial charge in [0.1, 0.15) is 0 Å². The second kappa shape index (κ2) is 7.46. The molecular weight excluding hydrogens is 226 g/mol. The lowest BCUT2D eigenvalue weighted by atomic mass is 9.93. The van der Waals surface area contributed by atoms with Crippen LogP contribution in [-0.2, 0) is 4.74 Å². The minimum absolute atomic E-state index is 0.0662. The fourth-order valence-electron chi connectivity index (χ4n) is 3.23. The van der Waals surface area contributed by atoms with Crippen LogP contribution >= 0.6 is 0 Å². The Hall–Kier alpha value is -0.120. The lowest BCUT2D eigenvalue weighted by Gasteiger charge is -2.34. The minimum Gasteiger partial charge on any atom is -0.393 e. The number of aliphatic hydroxyl groups excluding tert-OH is 1. The van der Waals surface area contributed by atoms with Gasteiger partial charge in [0.25, 0.3) is 0 Å². The van der Waals surface area contributed by atoms with Crippen molar-refractivity contribution in [2.24, 2.45) is 11.8 Å². The highest BCUT2D eigenvalue weighted by atomic mass is 16.5. The van der Waals surface area contributed by atoms with Crippen molar-refractivity contribution in [1.82, 2.24) is 4.90 Å².